The van der Waals surface area contributed by atoms with Crippen molar-refractivity contribution in [2.45, 2.75) is 26.8 Å². The van der Waals surface area contributed by atoms with Gasteiger partial charge in [0, 0.05) is 6.54 Å². The molecule has 94 valence electrons. The summed E-state index contributed by atoms with van der Waals surface area (Å²) >= 11 is 0. The molecule has 1 saturated heterocycles. The van der Waals surface area contributed by atoms with Gasteiger partial charge >= 0.3 is 5.97 Å². The van der Waals surface area contributed by atoms with E-state index in [1.165, 1.54) is 12.7 Å². The van der Waals surface area contributed by atoms with Crippen LogP contribution in [-0.2, 0) is 6.54 Å². The van der Waals surface area contributed by atoms with Crippen molar-refractivity contribution in [1.29, 1.82) is 0 Å². The molecular weight excluding hydrogens is 218 g/mol. The van der Waals surface area contributed by atoms with Crippen LogP contribution < -0.4 is 0 Å². The Morgan fingerprint density at radius 1 is 1.65 bits per heavy atom. The van der Waals surface area contributed by atoms with Gasteiger partial charge in [-0.25, -0.2) is 4.79 Å². The van der Waals surface area contributed by atoms with Crippen molar-refractivity contribution in [1.82, 2.24) is 4.90 Å². The molecule has 0 bridgehead atoms. The lowest BCUT2D eigenvalue weighted by molar-refractivity contribution is 0.0696. The van der Waals surface area contributed by atoms with Crippen molar-refractivity contribution >= 4 is 5.97 Å². The molecule has 4 nitrogen and oxygen atoms in total. The number of nitrogens with zero attached hydrogens (tertiary/aromatic N) is 1. The van der Waals surface area contributed by atoms with E-state index in [-0.39, 0.29) is 5.56 Å². The molecule has 0 amide bonds. The van der Waals surface area contributed by atoms with Gasteiger partial charge in [0.2, 0.25) is 0 Å². The minimum atomic E-state index is -0.929. The molecular formula is C13H19NO3. The number of rotatable bonds is 4. The quantitative estimate of drug-likeness (QED) is 0.874. The fourth-order valence-corrected chi connectivity index (χ4v) is 2.35. The molecule has 1 aromatic heterocycles. The van der Waals surface area contributed by atoms with Crippen molar-refractivity contribution in [2.75, 3.05) is 13.1 Å². The molecule has 1 atom stereocenters. The Hall–Kier alpha value is -1.29. The van der Waals surface area contributed by atoms with Crippen LogP contribution in [-0.4, -0.2) is 29.1 Å². The van der Waals surface area contributed by atoms with Gasteiger partial charge < -0.3 is 9.52 Å². The first kappa shape index (κ1) is 12.2. The van der Waals surface area contributed by atoms with E-state index in [0.717, 1.165) is 31.3 Å². The number of furan rings is 1. The first-order chi connectivity index (χ1) is 8.06. The van der Waals surface area contributed by atoms with Crippen LogP contribution in [0.4, 0.5) is 0 Å². The highest BCUT2D eigenvalue weighted by molar-refractivity contribution is 5.87. The van der Waals surface area contributed by atoms with Gasteiger partial charge in [0.25, 0.3) is 0 Å². The highest BCUT2D eigenvalue weighted by atomic mass is 16.4. The predicted molar refractivity (Wildman–Crippen MR) is 63.9 cm³/mol. The predicted octanol–water partition coefficient (Wildman–Crippen LogP) is 2.46. The summed E-state index contributed by atoms with van der Waals surface area (Å²) in [5, 5.41) is 8.80. The second kappa shape index (κ2) is 4.92. The summed E-state index contributed by atoms with van der Waals surface area (Å²) in [5.74, 6) is 1.28. The highest BCUT2D eigenvalue weighted by Gasteiger charge is 2.25. The minimum Gasteiger partial charge on any atom is -0.478 e. The van der Waals surface area contributed by atoms with E-state index in [0.29, 0.717) is 5.92 Å². The van der Waals surface area contributed by atoms with Gasteiger partial charge in [-0.15, -0.1) is 0 Å². The van der Waals surface area contributed by atoms with Gasteiger partial charge in [0.1, 0.15) is 12.0 Å². The third-order valence-electron chi connectivity index (χ3n) is 3.53. The molecule has 4 heteroatoms. The topological polar surface area (TPSA) is 53.7 Å². The average molecular weight is 237 g/mol. The first-order valence-electron chi connectivity index (χ1n) is 6.09. The third kappa shape index (κ3) is 2.88. The van der Waals surface area contributed by atoms with Crippen LogP contribution in [0.15, 0.2) is 16.7 Å². The Labute approximate surface area is 101 Å². The van der Waals surface area contributed by atoms with E-state index >= 15 is 0 Å². The van der Waals surface area contributed by atoms with E-state index in [9.17, 15) is 4.79 Å². The van der Waals surface area contributed by atoms with E-state index < -0.39 is 5.97 Å². The second-order valence-electron chi connectivity index (χ2n) is 5.13. The number of carboxylic acids is 1. The molecule has 1 fully saturated rings. The lowest BCUT2D eigenvalue weighted by atomic mass is 9.95. The zero-order valence-corrected chi connectivity index (χ0v) is 10.3. The largest absolute Gasteiger partial charge is 0.478 e. The van der Waals surface area contributed by atoms with Crippen LogP contribution in [0.5, 0.6) is 0 Å². The summed E-state index contributed by atoms with van der Waals surface area (Å²) in [4.78, 5) is 13.0. The summed E-state index contributed by atoms with van der Waals surface area (Å²) in [5.41, 5.74) is 0.236. The van der Waals surface area contributed by atoms with Crippen LogP contribution in [0.1, 0.15) is 36.4 Å². The molecule has 0 saturated carbocycles. The molecule has 2 rings (SSSR count). The molecule has 1 aliphatic heterocycles. The van der Waals surface area contributed by atoms with E-state index in [1.807, 2.05) is 0 Å². The van der Waals surface area contributed by atoms with Crippen LogP contribution in [0.2, 0.25) is 0 Å². The number of hydrogen-bond acceptors (Lipinski definition) is 3. The van der Waals surface area contributed by atoms with Crippen molar-refractivity contribution in [3.63, 3.8) is 0 Å². The molecule has 17 heavy (non-hydrogen) atoms. The van der Waals surface area contributed by atoms with Gasteiger partial charge in [-0.2, -0.15) is 0 Å². The first-order valence-corrected chi connectivity index (χ1v) is 6.09. The second-order valence-corrected chi connectivity index (χ2v) is 5.13. The maximum atomic E-state index is 10.7. The van der Waals surface area contributed by atoms with Gasteiger partial charge in [0.05, 0.1) is 12.1 Å². The SMILES string of the molecule is CC(C)C1CCN(Cc2cc(C(=O)O)co2)C1. The van der Waals surface area contributed by atoms with Crippen molar-refractivity contribution in [3.8, 4) is 0 Å². The van der Waals surface area contributed by atoms with Gasteiger partial charge in [-0.05, 0) is 30.9 Å². The van der Waals surface area contributed by atoms with Crippen molar-refractivity contribution < 1.29 is 14.3 Å². The maximum absolute atomic E-state index is 10.7. The fraction of sp³-hybridized carbons (Fsp3) is 0.615. The lowest BCUT2D eigenvalue weighted by Crippen LogP contribution is -2.21. The summed E-state index contributed by atoms with van der Waals surface area (Å²) in [6, 6.07) is 1.62. The molecule has 1 unspecified atom stereocenters. The summed E-state index contributed by atoms with van der Waals surface area (Å²) in [7, 11) is 0. The van der Waals surface area contributed by atoms with E-state index in [1.54, 1.807) is 6.07 Å². The van der Waals surface area contributed by atoms with Gasteiger partial charge in [0.15, 0.2) is 0 Å². The zero-order valence-electron chi connectivity index (χ0n) is 10.3. The Bertz CT molecular complexity index is 397. The maximum Gasteiger partial charge on any atom is 0.338 e. The van der Waals surface area contributed by atoms with E-state index in [2.05, 4.69) is 18.7 Å². The van der Waals surface area contributed by atoms with E-state index in [4.69, 9.17) is 9.52 Å². The molecule has 1 N–H and O–H groups in total. The van der Waals surface area contributed by atoms with Crippen LogP contribution in [0, 0.1) is 11.8 Å². The smallest absolute Gasteiger partial charge is 0.338 e. The summed E-state index contributed by atoms with van der Waals surface area (Å²) in [6.45, 7) is 7.39. The van der Waals surface area contributed by atoms with Crippen LogP contribution >= 0.6 is 0 Å². The monoisotopic (exact) mass is 237 g/mol. The fourth-order valence-electron chi connectivity index (χ4n) is 2.35. The van der Waals surface area contributed by atoms with Crippen molar-refractivity contribution in [3.05, 3.63) is 23.7 Å². The number of aromatic carboxylic acids is 1. The molecule has 1 aromatic rings. The number of hydrogen-bond donors (Lipinski definition) is 1. The standard InChI is InChI=1S/C13H19NO3/c1-9(2)10-3-4-14(6-10)7-12-5-11(8-17-12)13(15)16/h5,8-10H,3-4,6-7H2,1-2H3,(H,15,16). The van der Waals surface area contributed by atoms with Gasteiger partial charge in [-0.1, -0.05) is 13.8 Å². The molecule has 0 radical (unpaired) electrons. The Kier molecular flexibility index (Phi) is 3.52. The Morgan fingerprint density at radius 2 is 2.41 bits per heavy atom. The molecule has 1 aliphatic rings. The molecule has 2 heterocycles. The summed E-state index contributed by atoms with van der Waals surface area (Å²) < 4.78 is 5.26. The summed E-state index contributed by atoms with van der Waals surface area (Å²) in [6.07, 6.45) is 2.54. The third-order valence-corrected chi connectivity index (χ3v) is 3.53. The lowest BCUT2D eigenvalue weighted by Gasteiger charge is -2.16. The minimum absolute atomic E-state index is 0.236. The highest BCUT2D eigenvalue weighted by Crippen LogP contribution is 2.25. The van der Waals surface area contributed by atoms with Gasteiger partial charge in [-0.3, -0.25) is 4.90 Å². The molecule has 0 aromatic carbocycles. The van der Waals surface area contributed by atoms with Crippen LogP contribution in [0.25, 0.3) is 0 Å². The molecule has 0 aliphatic carbocycles. The van der Waals surface area contributed by atoms with Crippen LogP contribution in [0.3, 0.4) is 0 Å². The average Bonchev–Trinajstić information content (AvgIpc) is 2.87. The molecule has 0 spiro atoms. The normalized spacial score (nSPS) is 21.2. The number of carboxylic acid groups (broad SMARTS) is 1. The zero-order chi connectivity index (χ0) is 12.4. The van der Waals surface area contributed by atoms with Crippen molar-refractivity contribution in [2.24, 2.45) is 11.8 Å². The number of likely N-dealkylation sites (tertiary alicyclic amines) is 1. The number of carbonyl (C=O) groups is 1. The Morgan fingerprint density at radius 3 is 2.94 bits per heavy atom. The Balaban J connectivity index is 1.91.